The highest BCUT2D eigenvalue weighted by atomic mass is 16.1. The van der Waals surface area contributed by atoms with Crippen molar-refractivity contribution < 1.29 is 4.79 Å². The third-order valence-corrected chi connectivity index (χ3v) is 2.49. The lowest BCUT2D eigenvalue weighted by Crippen LogP contribution is -2.36. The normalized spacial score (nSPS) is 11.3. The van der Waals surface area contributed by atoms with Gasteiger partial charge in [-0.1, -0.05) is 32.0 Å². The number of carbonyl (C=O) groups excluding carboxylic acids is 1. The van der Waals surface area contributed by atoms with Crippen molar-refractivity contribution in [3.63, 3.8) is 0 Å². The molecule has 6 heteroatoms. The first kappa shape index (κ1) is 16.0. The van der Waals surface area contributed by atoms with Crippen LogP contribution >= 0.6 is 0 Å². The number of hydrogen-bond donors (Lipinski definition) is 4. The molecular weight excluding hydrogens is 254 g/mol. The molecule has 0 atom stereocenters. The average molecular weight is 277 g/mol. The molecule has 0 unspecified atom stereocenters. The summed E-state index contributed by atoms with van der Waals surface area (Å²) < 4.78 is 0. The predicted octanol–water partition coefficient (Wildman–Crippen LogP) is 1.08. The van der Waals surface area contributed by atoms with E-state index >= 15 is 0 Å². The maximum atomic E-state index is 11.5. The Labute approximate surface area is 119 Å². The number of guanidine groups is 1. The summed E-state index contributed by atoms with van der Waals surface area (Å²) in [5.41, 5.74) is 3.36. The van der Waals surface area contributed by atoms with Crippen molar-refractivity contribution in [1.82, 2.24) is 10.7 Å². The van der Waals surface area contributed by atoms with Gasteiger partial charge in [0.15, 0.2) is 0 Å². The van der Waals surface area contributed by atoms with Crippen LogP contribution in [0.4, 0.5) is 5.69 Å². The lowest BCUT2D eigenvalue weighted by molar-refractivity contribution is -0.121. The molecule has 0 spiro atoms. The number of nitrogens with two attached hydrogens (primary N) is 1. The molecule has 5 N–H and O–H groups in total. The van der Waals surface area contributed by atoms with E-state index in [4.69, 9.17) is 5.84 Å². The van der Waals surface area contributed by atoms with Gasteiger partial charge in [0.1, 0.15) is 0 Å². The number of carbonyl (C=O) groups is 1. The van der Waals surface area contributed by atoms with Gasteiger partial charge >= 0.3 is 0 Å². The van der Waals surface area contributed by atoms with Crippen LogP contribution in [0.15, 0.2) is 35.3 Å². The largest absolute Gasteiger partial charge is 0.356 e. The topological polar surface area (TPSA) is 91.5 Å². The number of amides is 1. The molecule has 20 heavy (non-hydrogen) atoms. The molecule has 0 bridgehead atoms. The zero-order valence-corrected chi connectivity index (χ0v) is 12.0. The Bertz CT molecular complexity index is 430. The van der Waals surface area contributed by atoms with Crippen molar-refractivity contribution in [2.24, 2.45) is 16.8 Å². The SMILES string of the molecule is CC(C)CNC(=O)CCN=C(NN)Nc1ccccc1. The Balaban J connectivity index is 2.36. The Kier molecular flexibility index (Phi) is 7.13. The van der Waals surface area contributed by atoms with Gasteiger partial charge in [-0.05, 0) is 18.1 Å². The number of hydrazine groups is 1. The van der Waals surface area contributed by atoms with E-state index in [9.17, 15) is 4.79 Å². The standard InChI is InChI=1S/C14H23N5O/c1-11(2)10-17-13(20)8-9-16-14(19-15)18-12-6-4-3-5-7-12/h3-7,11H,8-10,15H2,1-2H3,(H,17,20)(H2,16,18,19). The summed E-state index contributed by atoms with van der Waals surface area (Å²) in [6.45, 7) is 5.17. The number of nitrogens with zero attached hydrogens (tertiary/aromatic N) is 1. The number of aliphatic imine (C=N–C) groups is 1. The molecule has 0 aliphatic carbocycles. The van der Waals surface area contributed by atoms with Gasteiger partial charge in [0.05, 0.1) is 6.54 Å². The highest BCUT2D eigenvalue weighted by Crippen LogP contribution is 2.04. The summed E-state index contributed by atoms with van der Waals surface area (Å²) in [5, 5.41) is 5.88. The van der Waals surface area contributed by atoms with Crippen LogP contribution in [-0.2, 0) is 4.79 Å². The van der Waals surface area contributed by atoms with Crippen molar-refractivity contribution in [2.75, 3.05) is 18.4 Å². The average Bonchev–Trinajstić information content (AvgIpc) is 2.45. The van der Waals surface area contributed by atoms with E-state index < -0.39 is 0 Å². The number of nitrogens with one attached hydrogen (secondary N) is 3. The van der Waals surface area contributed by atoms with Gasteiger partial charge < -0.3 is 10.6 Å². The maximum absolute atomic E-state index is 11.5. The highest BCUT2D eigenvalue weighted by molar-refractivity contribution is 5.93. The lowest BCUT2D eigenvalue weighted by Gasteiger charge is -2.09. The van der Waals surface area contributed by atoms with Crippen molar-refractivity contribution in [2.45, 2.75) is 20.3 Å². The first-order valence-corrected chi connectivity index (χ1v) is 6.71. The Morgan fingerprint density at radius 3 is 2.60 bits per heavy atom. The van der Waals surface area contributed by atoms with Crippen LogP contribution in [0, 0.1) is 5.92 Å². The predicted molar refractivity (Wildman–Crippen MR) is 82.2 cm³/mol. The second kappa shape index (κ2) is 8.92. The quantitative estimate of drug-likeness (QED) is 0.271. The van der Waals surface area contributed by atoms with Crippen molar-refractivity contribution in [1.29, 1.82) is 0 Å². The fraction of sp³-hybridized carbons (Fsp3) is 0.429. The summed E-state index contributed by atoms with van der Waals surface area (Å²) in [6, 6.07) is 9.56. The summed E-state index contributed by atoms with van der Waals surface area (Å²) in [5.74, 6) is 6.28. The molecule has 0 aromatic heterocycles. The zero-order chi connectivity index (χ0) is 14.8. The minimum atomic E-state index is -0.00136. The molecular formula is C14H23N5O. The van der Waals surface area contributed by atoms with Crippen LogP contribution < -0.4 is 21.9 Å². The van der Waals surface area contributed by atoms with Crippen LogP contribution in [0.2, 0.25) is 0 Å². The molecule has 1 rings (SSSR count). The smallest absolute Gasteiger partial charge is 0.221 e. The van der Waals surface area contributed by atoms with Gasteiger partial charge in [0.2, 0.25) is 11.9 Å². The van der Waals surface area contributed by atoms with E-state index in [0.29, 0.717) is 31.4 Å². The molecule has 0 aliphatic heterocycles. The second-order valence-electron chi connectivity index (χ2n) is 4.81. The Hall–Kier alpha value is -2.08. The Morgan fingerprint density at radius 1 is 1.30 bits per heavy atom. The molecule has 0 saturated heterocycles. The number of hydrogen-bond acceptors (Lipinski definition) is 3. The van der Waals surface area contributed by atoms with Crippen molar-refractivity contribution >= 4 is 17.6 Å². The van der Waals surface area contributed by atoms with Gasteiger partial charge in [-0.3, -0.25) is 15.2 Å². The fourth-order valence-corrected chi connectivity index (χ4v) is 1.46. The lowest BCUT2D eigenvalue weighted by atomic mass is 10.2. The summed E-state index contributed by atoms with van der Waals surface area (Å²) in [4.78, 5) is 15.7. The van der Waals surface area contributed by atoms with E-state index in [2.05, 4.69) is 34.9 Å². The van der Waals surface area contributed by atoms with E-state index in [0.717, 1.165) is 5.69 Å². The zero-order valence-electron chi connectivity index (χ0n) is 12.0. The molecule has 0 aliphatic rings. The van der Waals surface area contributed by atoms with E-state index in [1.165, 1.54) is 0 Å². The van der Waals surface area contributed by atoms with E-state index in [1.807, 2.05) is 30.3 Å². The van der Waals surface area contributed by atoms with Gasteiger partial charge in [-0.2, -0.15) is 0 Å². The monoisotopic (exact) mass is 277 g/mol. The molecule has 0 heterocycles. The van der Waals surface area contributed by atoms with Crippen LogP contribution in [0.3, 0.4) is 0 Å². The molecule has 0 fully saturated rings. The van der Waals surface area contributed by atoms with Gasteiger partial charge in [-0.15, -0.1) is 0 Å². The number of anilines is 1. The van der Waals surface area contributed by atoms with E-state index in [-0.39, 0.29) is 5.91 Å². The van der Waals surface area contributed by atoms with Crippen molar-refractivity contribution in [3.05, 3.63) is 30.3 Å². The van der Waals surface area contributed by atoms with Crippen LogP contribution in [0.1, 0.15) is 20.3 Å². The molecule has 0 saturated carbocycles. The minimum Gasteiger partial charge on any atom is -0.356 e. The fourth-order valence-electron chi connectivity index (χ4n) is 1.46. The Morgan fingerprint density at radius 2 is 2.00 bits per heavy atom. The summed E-state index contributed by atoms with van der Waals surface area (Å²) in [6.07, 6.45) is 0.342. The molecule has 0 radical (unpaired) electrons. The first-order chi connectivity index (χ1) is 9.61. The third kappa shape index (κ3) is 6.75. The van der Waals surface area contributed by atoms with Gasteiger partial charge in [-0.25, -0.2) is 5.84 Å². The molecule has 1 aromatic carbocycles. The van der Waals surface area contributed by atoms with Gasteiger partial charge in [0, 0.05) is 18.7 Å². The molecule has 6 nitrogen and oxygen atoms in total. The van der Waals surface area contributed by atoms with Crippen LogP contribution in [0.25, 0.3) is 0 Å². The van der Waals surface area contributed by atoms with Gasteiger partial charge in [0.25, 0.3) is 0 Å². The first-order valence-electron chi connectivity index (χ1n) is 6.71. The maximum Gasteiger partial charge on any atom is 0.221 e. The van der Waals surface area contributed by atoms with E-state index in [1.54, 1.807) is 0 Å². The third-order valence-electron chi connectivity index (χ3n) is 2.49. The second-order valence-corrected chi connectivity index (χ2v) is 4.81. The minimum absolute atomic E-state index is 0.00136. The summed E-state index contributed by atoms with van der Waals surface area (Å²) >= 11 is 0. The molecule has 110 valence electrons. The molecule has 1 aromatic rings. The molecule has 1 amide bonds. The number of benzene rings is 1. The number of rotatable bonds is 6. The highest BCUT2D eigenvalue weighted by Gasteiger charge is 2.02. The van der Waals surface area contributed by atoms with Crippen LogP contribution in [-0.4, -0.2) is 25.0 Å². The number of para-hydroxylation sites is 1. The summed E-state index contributed by atoms with van der Waals surface area (Å²) in [7, 11) is 0. The van der Waals surface area contributed by atoms with Crippen LogP contribution in [0.5, 0.6) is 0 Å². The van der Waals surface area contributed by atoms with Crippen molar-refractivity contribution in [3.8, 4) is 0 Å².